The molecule has 1 amide bonds. The van der Waals surface area contributed by atoms with E-state index < -0.39 is 5.97 Å². The van der Waals surface area contributed by atoms with Gasteiger partial charge >= 0.3 is 5.97 Å². The molecule has 0 radical (unpaired) electrons. The lowest BCUT2D eigenvalue weighted by atomic mass is 10.2. The number of carboxylic acid groups (broad SMARTS) is 1. The van der Waals surface area contributed by atoms with E-state index in [-0.39, 0.29) is 24.3 Å². The molecule has 0 aromatic carbocycles. The SMILES string of the molecule is CC(C)CNC(=O)CNC(C)c1ccc(C(=O)O)o1. The Morgan fingerprint density at radius 1 is 1.32 bits per heavy atom. The summed E-state index contributed by atoms with van der Waals surface area (Å²) in [6, 6.07) is 2.76. The molecule has 0 saturated heterocycles. The number of furan rings is 1. The number of carbonyl (C=O) groups excluding carboxylic acids is 1. The number of rotatable bonds is 7. The Hall–Kier alpha value is -1.82. The predicted octanol–water partition coefficient (Wildman–Crippen LogP) is 1.40. The number of aromatic carboxylic acids is 1. The zero-order chi connectivity index (χ0) is 14.4. The van der Waals surface area contributed by atoms with Crippen LogP contribution in [-0.2, 0) is 4.79 Å². The Balaban J connectivity index is 2.39. The van der Waals surface area contributed by atoms with Gasteiger partial charge in [-0.25, -0.2) is 4.79 Å². The summed E-state index contributed by atoms with van der Waals surface area (Å²) in [6.07, 6.45) is 0. The lowest BCUT2D eigenvalue weighted by Crippen LogP contribution is -2.36. The molecular weight excluding hydrogens is 248 g/mol. The number of carbonyl (C=O) groups is 2. The first kappa shape index (κ1) is 15.2. The molecule has 1 aromatic heterocycles. The van der Waals surface area contributed by atoms with Crippen LogP contribution in [0.25, 0.3) is 0 Å². The van der Waals surface area contributed by atoms with Crippen LogP contribution in [0.2, 0.25) is 0 Å². The summed E-state index contributed by atoms with van der Waals surface area (Å²) in [5.74, 6) is -0.398. The van der Waals surface area contributed by atoms with Gasteiger partial charge in [0, 0.05) is 6.54 Å². The fraction of sp³-hybridized carbons (Fsp3) is 0.538. The van der Waals surface area contributed by atoms with Gasteiger partial charge in [0.05, 0.1) is 12.6 Å². The van der Waals surface area contributed by atoms with Crippen LogP contribution in [0, 0.1) is 5.92 Å². The first-order valence-corrected chi connectivity index (χ1v) is 6.23. The third-order valence-corrected chi connectivity index (χ3v) is 2.54. The molecule has 106 valence electrons. The van der Waals surface area contributed by atoms with Gasteiger partial charge in [-0.1, -0.05) is 13.8 Å². The Kier molecular flexibility index (Phi) is 5.57. The van der Waals surface area contributed by atoms with Gasteiger partial charge in [-0.05, 0) is 25.0 Å². The molecule has 19 heavy (non-hydrogen) atoms. The second-order valence-electron chi connectivity index (χ2n) is 4.81. The van der Waals surface area contributed by atoms with E-state index in [1.807, 2.05) is 13.8 Å². The van der Waals surface area contributed by atoms with Crippen LogP contribution in [-0.4, -0.2) is 30.1 Å². The molecule has 0 aliphatic rings. The number of hydrogen-bond donors (Lipinski definition) is 3. The van der Waals surface area contributed by atoms with E-state index in [0.717, 1.165) is 0 Å². The number of hydrogen-bond acceptors (Lipinski definition) is 4. The van der Waals surface area contributed by atoms with Crippen LogP contribution in [0.5, 0.6) is 0 Å². The summed E-state index contributed by atoms with van der Waals surface area (Å²) in [7, 11) is 0. The highest BCUT2D eigenvalue weighted by Gasteiger charge is 2.14. The van der Waals surface area contributed by atoms with Crippen molar-refractivity contribution in [3.63, 3.8) is 0 Å². The van der Waals surface area contributed by atoms with Crippen LogP contribution < -0.4 is 10.6 Å². The minimum atomic E-state index is -1.10. The van der Waals surface area contributed by atoms with Gasteiger partial charge in [-0.2, -0.15) is 0 Å². The van der Waals surface area contributed by atoms with E-state index in [1.165, 1.54) is 6.07 Å². The fourth-order valence-corrected chi connectivity index (χ4v) is 1.43. The molecule has 0 saturated carbocycles. The molecule has 6 nitrogen and oxygen atoms in total. The van der Waals surface area contributed by atoms with Crippen molar-refractivity contribution in [3.05, 3.63) is 23.7 Å². The molecule has 1 heterocycles. The van der Waals surface area contributed by atoms with Crippen molar-refractivity contribution >= 4 is 11.9 Å². The molecule has 1 unspecified atom stereocenters. The molecular formula is C13H20N2O4. The summed E-state index contributed by atoms with van der Waals surface area (Å²) in [5, 5.41) is 14.5. The quantitative estimate of drug-likeness (QED) is 0.695. The van der Waals surface area contributed by atoms with Crippen LogP contribution in [0.4, 0.5) is 0 Å². The largest absolute Gasteiger partial charge is 0.475 e. The molecule has 6 heteroatoms. The van der Waals surface area contributed by atoms with E-state index in [0.29, 0.717) is 18.2 Å². The van der Waals surface area contributed by atoms with E-state index >= 15 is 0 Å². The summed E-state index contributed by atoms with van der Waals surface area (Å²) in [5.41, 5.74) is 0. The molecule has 0 fully saturated rings. The van der Waals surface area contributed by atoms with Gasteiger partial charge in [0.25, 0.3) is 0 Å². The standard InChI is InChI=1S/C13H20N2O4/c1-8(2)6-15-12(16)7-14-9(3)10-4-5-11(19-10)13(17)18/h4-5,8-9,14H,6-7H2,1-3H3,(H,15,16)(H,17,18). The molecule has 0 bridgehead atoms. The van der Waals surface area contributed by atoms with Crippen molar-refractivity contribution in [2.45, 2.75) is 26.8 Å². The third kappa shape index (κ3) is 5.13. The van der Waals surface area contributed by atoms with Crippen LogP contribution in [0.3, 0.4) is 0 Å². The van der Waals surface area contributed by atoms with E-state index in [9.17, 15) is 9.59 Å². The number of nitrogens with one attached hydrogen (secondary N) is 2. The highest BCUT2D eigenvalue weighted by molar-refractivity contribution is 5.84. The highest BCUT2D eigenvalue weighted by atomic mass is 16.4. The van der Waals surface area contributed by atoms with Gasteiger partial charge in [0.1, 0.15) is 5.76 Å². The van der Waals surface area contributed by atoms with E-state index in [2.05, 4.69) is 10.6 Å². The summed E-state index contributed by atoms with van der Waals surface area (Å²) >= 11 is 0. The lowest BCUT2D eigenvalue weighted by Gasteiger charge is -2.12. The molecule has 3 N–H and O–H groups in total. The Bertz CT molecular complexity index is 440. The zero-order valence-electron chi connectivity index (χ0n) is 11.4. The summed E-state index contributed by atoms with van der Waals surface area (Å²) in [4.78, 5) is 22.2. The fourth-order valence-electron chi connectivity index (χ4n) is 1.43. The maximum absolute atomic E-state index is 11.5. The van der Waals surface area contributed by atoms with E-state index in [1.54, 1.807) is 13.0 Å². The Labute approximate surface area is 112 Å². The minimum absolute atomic E-state index is 0.0921. The third-order valence-electron chi connectivity index (χ3n) is 2.54. The average molecular weight is 268 g/mol. The van der Waals surface area contributed by atoms with Gasteiger partial charge in [-0.15, -0.1) is 0 Å². The minimum Gasteiger partial charge on any atom is -0.475 e. The van der Waals surface area contributed by atoms with Gasteiger partial charge < -0.3 is 14.8 Å². The van der Waals surface area contributed by atoms with Gasteiger partial charge in [-0.3, -0.25) is 10.1 Å². The summed E-state index contributed by atoms with van der Waals surface area (Å²) < 4.78 is 5.14. The van der Waals surface area contributed by atoms with Crippen LogP contribution >= 0.6 is 0 Å². The highest BCUT2D eigenvalue weighted by Crippen LogP contribution is 2.15. The second-order valence-corrected chi connectivity index (χ2v) is 4.81. The lowest BCUT2D eigenvalue weighted by molar-refractivity contribution is -0.120. The predicted molar refractivity (Wildman–Crippen MR) is 69.9 cm³/mol. The number of amides is 1. The van der Waals surface area contributed by atoms with Crippen LogP contribution in [0.1, 0.15) is 43.1 Å². The first-order chi connectivity index (χ1) is 8.90. The smallest absolute Gasteiger partial charge is 0.371 e. The molecule has 1 atom stereocenters. The maximum Gasteiger partial charge on any atom is 0.371 e. The zero-order valence-corrected chi connectivity index (χ0v) is 11.4. The molecule has 1 aromatic rings. The van der Waals surface area contributed by atoms with Crippen molar-refractivity contribution in [3.8, 4) is 0 Å². The maximum atomic E-state index is 11.5. The monoisotopic (exact) mass is 268 g/mol. The number of carboxylic acids is 1. The van der Waals surface area contributed by atoms with Gasteiger partial charge in [0.2, 0.25) is 11.7 Å². The van der Waals surface area contributed by atoms with Crippen molar-refractivity contribution in [1.29, 1.82) is 0 Å². The Morgan fingerprint density at radius 3 is 2.53 bits per heavy atom. The average Bonchev–Trinajstić information content (AvgIpc) is 2.83. The van der Waals surface area contributed by atoms with Crippen molar-refractivity contribution in [2.24, 2.45) is 5.92 Å². The van der Waals surface area contributed by atoms with Gasteiger partial charge in [0.15, 0.2) is 0 Å². The van der Waals surface area contributed by atoms with Crippen molar-refractivity contribution in [2.75, 3.05) is 13.1 Å². The molecule has 0 spiro atoms. The molecule has 0 aliphatic carbocycles. The first-order valence-electron chi connectivity index (χ1n) is 6.23. The molecule has 1 rings (SSSR count). The van der Waals surface area contributed by atoms with Crippen molar-refractivity contribution < 1.29 is 19.1 Å². The topological polar surface area (TPSA) is 91.6 Å². The summed E-state index contributed by atoms with van der Waals surface area (Å²) in [6.45, 7) is 6.65. The van der Waals surface area contributed by atoms with E-state index in [4.69, 9.17) is 9.52 Å². The molecule has 0 aliphatic heterocycles. The second kappa shape index (κ2) is 6.94. The Morgan fingerprint density at radius 2 is 2.00 bits per heavy atom. The van der Waals surface area contributed by atoms with Crippen LogP contribution in [0.15, 0.2) is 16.5 Å². The normalized spacial score (nSPS) is 12.4. The van der Waals surface area contributed by atoms with Crippen molar-refractivity contribution in [1.82, 2.24) is 10.6 Å².